The molecule has 0 saturated carbocycles. The Morgan fingerprint density at radius 2 is 2.28 bits per heavy atom. The molecule has 1 fully saturated rings. The maximum absolute atomic E-state index is 11.9. The van der Waals surface area contributed by atoms with Gasteiger partial charge in [0, 0.05) is 19.7 Å². The van der Waals surface area contributed by atoms with E-state index in [1.807, 2.05) is 4.90 Å². The maximum Gasteiger partial charge on any atom is 0.242 e. The van der Waals surface area contributed by atoms with E-state index in [1.54, 1.807) is 20.0 Å². The standard InChI is InChI=1S/C12H17ClN4O/c1-8-15-10(13)7-11(16-8)17-6-4-3-5-9(17)12(18)14-2/h7,9H,3-6H2,1-2H3,(H,14,18). The molecule has 1 atom stereocenters. The van der Waals surface area contributed by atoms with Crippen LogP contribution in [0.1, 0.15) is 25.1 Å². The highest BCUT2D eigenvalue weighted by Crippen LogP contribution is 2.25. The Morgan fingerprint density at radius 3 is 2.94 bits per heavy atom. The summed E-state index contributed by atoms with van der Waals surface area (Å²) in [5, 5.41) is 3.12. The average molecular weight is 269 g/mol. The summed E-state index contributed by atoms with van der Waals surface area (Å²) >= 11 is 5.95. The van der Waals surface area contributed by atoms with Crippen molar-refractivity contribution in [1.82, 2.24) is 15.3 Å². The summed E-state index contributed by atoms with van der Waals surface area (Å²) in [5.74, 6) is 1.39. The van der Waals surface area contributed by atoms with Crippen LogP contribution in [0.15, 0.2) is 6.07 Å². The summed E-state index contributed by atoms with van der Waals surface area (Å²) in [5.41, 5.74) is 0. The van der Waals surface area contributed by atoms with Gasteiger partial charge in [0.05, 0.1) is 0 Å². The summed E-state index contributed by atoms with van der Waals surface area (Å²) in [4.78, 5) is 22.3. The summed E-state index contributed by atoms with van der Waals surface area (Å²) in [6.45, 7) is 2.62. The van der Waals surface area contributed by atoms with E-state index >= 15 is 0 Å². The minimum atomic E-state index is -0.158. The van der Waals surface area contributed by atoms with E-state index in [4.69, 9.17) is 11.6 Å². The topological polar surface area (TPSA) is 58.1 Å². The van der Waals surface area contributed by atoms with Gasteiger partial charge in [-0.15, -0.1) is 0 Å². The summed E-state index contributed by atoms with van der Waals surface area (Å²) in [7, 11) is 1.66. The van der Waals surface area contributed by atoms with Crippen LogP contribution in [0, 0.1) is 6.92 Å². The number of anilines is 1. The van der Waals surface area contributed by atoms with Crippen LogP contribution in [-0.2, 0) is 4.79 Å². The Kier molecular flexibility index (Phi) is 4.01. The Labute approximate surface area is 112 Å². The van der Waals surface area contributed by atoms with Crippen LogP contribution < -0.4 is 10.2 Å². The van der Waals surface area contributed by atoms with Crippen molar-refractivity contribution in [1.29, 1.82) is 0 Å². The molecular formula is C12H17ClN4O. The van der Waals surface area contributed by atoms with Crippen molar-refractivity contribution in [3.8, 4) is 0 Å². The number of aromatic nitrogens is 2. The predicted molar refractivity (Wildman–Crippen MR) is 70.8 cm³/mol. The van der Waals surface area contributed by atoms with Crippen LogP contribution in [-0.4, -0.2) is 35.5 Å². The third kappa shape index (κ3) is 2.72. The fraction of sp³-hybridized carbons (Fsp3) is 0.583. The summed E-state index contributed by atoms with van der Waals surface area (Å²) in [6, 6.07) is 1.56. The SMILES string of the molecule is CNC(=O)C1CCCCN1c1cc(Cl)nc(C)n1. The lowest BCUT2D eigenvalue weighted by Crippen LogP contribution is -2.49. The van der Waals surface area contributed by atoms with Crippen molar-refractivity contribution >= 4 is 23.3 Å². The molecule has 6 heteroatoms. The van der Waals surface area contributed by atoms with E-state index in [1.165, 1.54) is 0 Å². The Bertz CT molecular complexity index is 431. The molecule has 5 nitrogen and oxygen atoms in total. The number of aryl methyl sites for hydroxylation is 1. The molecule has 0 aromatic carbocycles. The van der Waals surface area contributed by atoms with Crippen molar-refractivity contribution in [3.63, 3.8) is 0 Å². The number of halogens is 1. The van der Waals surface area contributed by atoms with Gasteiger partial charge in [-0.25, -0.2) is 9.97 Å². The van der Waals surface area contributed by atoms with Gasteiger partial charge in [0.1, 0.15) is 22.8 Å². The van der Waals surface area contributed by atoms with Crippen LogP contribution in [0.3, 0.4) is 0 Å². The van der Waals surface area contributed by atoms with Crippen molar-refractivity contribution in [3.05, 3.63) is 17.0 Å². The second-order valence-corrected chi connectivity index (χ2v) is 4.80. The Morgan fingerprint density at radius 1 is 1.50 bits per heavy atom. The fourth-order valence-electron chi connectivity index (χ4n) is 2.31. The Balaban J connectivity index is 2.30. The first-order chi connectivity index (χ1) is 8.61. The van der Waals surface area contributed by atoms with E-state index in [-0.39, 0.29) is 11.9 Å². The van der Waals surface area contributed by atoms with Gasteiger partial charge >= 0.3 is 0 Å². The second-order valence-electron chi connectivity index (χ2n) is 4.42. The second kappa shape index (κ2) is 5.52. The molecule has 1 unspecified atom stereocenters. The predicted octanol–water partition coefficient (Wildman–Crippen LogP) is 1.54. The van der Waals surface area contributed by atoms with E-state index in [2.05, 4.69) is 15.3 Å². The highest BCUT2D eigenvalue weighted by atomic mass is 35.5. The van der Waals surface area contributed by atoms with Crippen molar-refractivity contribution in [2.45, 2.75) is 32.2 Å². The molecule has 2 rings (SSSR count). The lowest BCUT2D eigenvalue weighted by atomic mass is 10.0. The number of piperidine rings is 1. The summed E-state index contributed by atoms with van der Waals surface area (Å²) in [6.07, 6.45) is 2.97. The lowest BCUT2D eigenvalue weighted by molar-refractivity contribution is -0.122. The first-order valence-electron chi connectivity index (χ1n) is 6.11. The van der Waals surface area contributed by atoms with Gasteiger partial charge in [-0.1, -0.05) is 11.6 Å². The van der Waals surface area contributed by atoms with E-state index in [9.17, 15) is 4.79 Å². The average Bonchev–Trinajstić information content (AvgIpc) is 2.36. The molecular weight excluding hydrogens is 252 g/mol. The zero-order valence-corrected chi connectivity index (χ0v) is 11.4. The third-order valence-electron chi connectivity index (χ3n) is 3.14. The molecule has 1 aromatic rings. The zero-order valence-electron chi connectivity index (χ0n) is 10.6. The number of carbonyl (C=O) groups is 1. The van der Waals surface area contributed by atoms with Gasteiger partial charge in [-0.05, 0) is 26.2 Å². The smallest absolute Gasteiger partial charge is 0.242 e. The third-order valence-corrected chi connectivity index (χ3v) is 3.33. The number of amides is 1. The molecule has 1 aliphatic rings. The summed E-state index contributed by atoms with van der Waals surface area (Å²) < 4.78 is 0. The van der Waals surface area contributed by atoms with Crippen molar-refractivity contribution in [2.24, 2.45) is 0 Å². The van der Waals surface area contributed by atoms with Gasteiger partial charge < -0.3 is 10.2 Å². The Hall–Kier alpha value is -1.36. The number of carbonyl (C=O) groups excluding carboxylic acids is 1. The molecule has 0 aliphatic carbocycles. The van der Waals surface area contributed by atoms with Gasteiger partial charge in [-0.2, -0.15) is 0 Å². The van der Waals surface area contributed by atoms with Crippen LogP contribution in [0.5, 0.6) is 0 Å². The van der Waals surface area contributed by atoms with Gasteiger partial charge in [0.15, 0.2) is 0 Å². The number of nitrogens with zero attached hydrogens (tertiary/aromatic N) is 3. The minimum absolute atomic E-state index is 0.0297. The molecule has 1 N–H and O–H groups in total. The minimum Gasteiger partial charge on any atom is -0.357 e. The monoisotopic (exact) mass is 268 g/mol. The number of nitrogens with one attached hydrogen (secondary N) is 1. The molecule has 1 amide bonds. The largest absolute Gasteiger partial charge is 0.357 e. The van der Waals surface area contributed by atoms with Gasteiger partial charge in [-0.3, -0.25) is 4.79 Å². The number of rotatable bonds is 2. The highest BCUT2D eigenvalue weighted by Gasteiger charge is 2.29. The molecule has 0 radical (unpaired) electrons. The number of hydrogen-bond donors (Lipinski definition) is 1. The van der Waals surface area contributed by atoms with Crippen molar-refractivity contribution < 1.29 is 4.79 Å². The molecule has 1 saturated heterocycles. The van der Waals surface area contributed by atoms with Crippen LogP contribution in [0.25, 0.3) is 0 Å². The zero-order chi connectivity index (χ0) is 13.1. The number of hydrogen-bond acceptors (Lipinski definition) is 4. The first-order valence-corrected chi connectivity index (χ1v) is 6.49. The van der Waals surface area contributed by atoms with E-state index in [0.29, 0.717) is 11.0 Å². The molecule has 2 heterocycles. The molecule has 0 bridgehead atoms. The fourth-order valence-corrected chi connectivity index (χ4v) is 2.53. The first kappa shape index (κ1) is 13.1. The molecule has 1 aromatic heterocycles. The van der Waals surface area contributed by atoms with Crippen LogP contribution in [0.4, 0.5) is 5.82 Å². The van der Waals surface area contributed by atoms with Crippen LogP contribution in [0.2, 0.25) is 5.15 Å². The molecule has 1 aliphatic heterocycles. The van der Waals surface area contributed by atoms with E-state index < -0.39 is 0 Å². The molecule has 0 spiro atoms. The number of likely N-dealkylation sites (N-methyl/N-ethyl adjacent to an activating group) is 1. The lowest BCUT2D eigenvalue weighted by Gasteiger charge is -2.35. The van der Waals surface area contributed by atoms with Crippen LogP contribution >= 0.6 is 11.6 Å². The normalized spacial score (nSPS) is 19.7. The molecule has 18 heavy (non-hydrogen) atoms. The quantitative estimate of drug-likeness (QED) is 0.827. The van der Waals surface area contributed by atoms with Crippen molar-refractivity contribution in [2.75, 3.05) is 18.5 Å². The van der Waals surface area contributed by atoms with Gasteiger partial charge in [0.2, 0.25) is 5.91 Å². The molecule has 98 valence electrons. The van der Waals surface area contributed by atoms with Gasteiger partial charge in [0.25, 0.3) is 0 Å². The van der Waals surface area contributed by atoms with E-state index in [0.717, 1.165) is 31.6 Å². The highest BCUT2D eigenvalue weighted by molar-refractivity contribution is 6.29. The maximum atomic E-state index is 11.9.